The first kappa shape index (κ1) is 12.6. The summed E-state index contributed by atoms with van der Waals surface area (Å²) in [6.45, 7) is 2.04. The molecule has 2 aromatic rings. The van der Waals surface area contributed by atoms with Crippen LogP contribution in [0.4, 0.5) is 4.39 Å². The lowest BCUT2D eigenvalue weighted by Gasteiger charge is -2.20. The van der Waals surface area contributed by atoms with Crippen LogP contribution in [0.5, 0.6) is 0 Å². The van der Waals surface area contributed by atoms with Gasteiger partial charge in [-0.2, -0.15) is 0 Å². The summed E-state index contributed by atoms with van der Waals surface area (Å²) in [6.07, 6.45) is 4.10. The molecule has 2 heterocycles. The minimum atomic E-state index is -0.401. The Balaban J connectivity index is 1.85. The molecule has 1 aromatic heterocycles. The predicted octanol–water partition coefficient (Wildman–Crippen LogP) is 3.34. The molecule has 0 bridgehead atoms. The summed E-state index contributed by atoms with van der Waals surface area (Å²) in [5.41, 5.74) is 1.73. The number of piperidine rings is 1. The molecule has 5 heteroatoms. The van der Waals surface area contributed by atoms with Crippen molar-refractivity contribution in [2.75, 3.05) is 13.1 Å². The number of rotatable bonds is 2. The van der Waals surface area contributed by atoms with E-state index in [0.29, 0.717) is 5.92 Å². The molecule has 1 aromatic carbocycles. The average molecular weight is 280 g/mol. The second-order valence-electron chi connectivity index (χ2n) is 4.85. The lowest BCUT2D eigenvalue weighted by atomic mass is 9.99. The predicted molar refractivity (Wildman–Crippen MR) is 73.8 cm³/mol. The van der Waals surface area contributed by atoms with Crippen LogP contribution in [0.3, 0.4) is 0 Å². The summed E-state index contributed by atoms with van der Waals surface area (Å²) < 4.78 is 13.1. The van der Waals surface area contributed by atoms with Crippen LogP contribution >= 0.6 is 11.6 Å². The topological polar surface area (TPSA) is 40.7 Å². The Morgan fingerprint density at radius 2 is 2.26 bits per heavy atom. The molecule has 3 nitrogen and oxygen atoms in total. The molecule has 1 atom stereocenters. The van der Waals surface area contributed by atoms with Crippen LogP contribution < -0.4 is 5.32 Å². The van der Waals surface area contributed by atoms with Gasteiger partial charge in [-0.3, -0.25) is 0 Å². The van der Waals surface area contributed by atoms with Gasteiger partial charge in [0.1, 0.15) is 11.6 Å². The lowest BCUT2D eigenvalue weighted by Crippen LogP contribution is -2.28. The van der Waals surface area contributed by atoms with Crippen molar-refractivity contribution in [3.63, 3.8) is 0 Å². The minimum absolute atomic E-state index is 0.132. The molecule has 1 aliphatic rings. The van der Waals surface area contributed by atoms with E-state index in [4.69, 9.17) is 11.6 Å². The van der Waals surface area contributed by atoms with Crippen molar-refractivity contribution in [3.05, 3.63) is 41.1 Å². The van der Waals surface area contributed by atoms with E-state index in [0.717, 1.165) is 36.6 Å². The number of hydrogen-bond donors (Lipinski definition) is 2. The minimum Gasteiger partial charge on any atom is -0.342 e. The Morgan fingerprint density at radius 3 is 3.00 bits per heavy atom. The first-order valence-corrected chi connectivity index (χ1v) is 6.83. The molecule has 1 fully saturated rings. The number of nitrogens with one attached hydrogen (secondary N) is 2. The van der Waals surface area contributed by atoms with Gasteiger partial charge in [-0.15, -0.1) is 0 Å². The number of imidazole rings is 1. The van der Waals surface area contributed by atoms with Crippen molar-refractivity contribution in [3.8, 4) is 11.3 Å². The van der Waals surface area contributed by atoms with Gasteiger partial charge in [-0.1, -0.05) is 11.6 Å². The third-order valence-corrected chi connectivity index (χ3v) is 3.80. The van der Waals surface area contributed by atoms with Crippen LogP contribution in [0.15, 0.2) is 24.4 Å². The van der Waals surface area contributed by atoms with Gasteiger partial charge in [0.15, 0.2) is 0 Å². The monoisotopic (exact) mass is 279 g/mol. The summed E-state index contributed by atoms with van der Waals surface area (Å²) >= 11 is 5.80. The molecule has 3 rings (SSSR count). The molecule has 1 aliphatic heterocycles. The van der Waals surface area contributed by atoms with Crippen molar-refractivity contribution in [2.24, 2.45) is 0 Å². The number of benzene rings is 1. The fraction of sp³-hybridized carbons (Fsp3) is 0.357. The van der Waals surface area contributed by atoms with E-state index in [-0.39, 0.29) is 5.02 Å². The molecule has 19 heavy (non-hydrogen) atoms. The summed E-state index contributed by atoms with van der Waals surface area (Å²) in [4.78, 5) is 7.75. The van der Waals surface area contributed by atoms with Crippen LogP contribution in [0.1, 0.15) is 24.6 Å². The van der Waals surface area contributed by atoms with Crippen molar-refractivity contribution >= 4 is 11.6 Å². The molecule has 2 N–H and O–H groups in total. The highest BCUT2D eigenvalue weighted by atomic mass is 35.5. The highest BCUT2D eigenvalue weighted by molar-refractivity contribution is 6.31. The van der Waals surface area contributed by atoms with Crippen molar-refractivity contribution < 1.29 is 4.39 Å². The van der Waals surface area contributed by atoms with Gasteiger partial charge in [-0.25, -0.2) is 9.37 Å². The largest absolute Gasteiger partial charge is 0.342 e. The van der Waals surface area contributed by atoms with E-state index in [1.54, 1.807) is 18.3 Å². The van der Waals surface area contributed by atoms with Gasteiger partial charge >= 0.3 is 0 Å². The molecule has 0 amide bonds. The van der Waals surface area contributed by atoms with Crippen LogP contribution in [0.2, 0.25) is 5.02 Å². The fourth-order valence-corrected chi connectivity index (χ4v) is 2.62. The molecule has 1 unspecified atom stereocenters. The smallest absolute Gasteiger partial charge is 0.141 e. The van der Waals surface area contributed by atoms with Crippen LogP contribution in [0, 0.1) is 5.82 Å². The first-order chi connectivity index (χ1) is 9.24. The van der Waals surface area contributed by atoms with E-state index in [1.165, 1.54) is 12.5 Å². The van der Waals surface area contributed by atoms with Gasteiger partial charge in [0.25, 0.3) is 0 Å². The lowest BCUT2D eigenvalue weighted by molar-refractivity contribution is 0.449. The number of halogens is 2. The Bertz CT molecular complexity index is 576. The van der Waals surface area contributed by atoms with Crippen molar-refractivity contribution in [2.45, 2.75) is 18.8 Å². The fourth-order valence-electron chi connectivity index (χ4n) is 2.44. The highest BCUT2D eigenvalue weighted by Crippen LogP contribution is 2.26. The van der Waals surface area contributed by atoms with Crippen molar-refractivity contribution in [1.82, 2.24) is 15.3 Å². The van der Waals surface area contributed by atoms with Crippen LogP contribution in [0.25, 0.3) is 11.3 Å². The third kappa shape index (κ3) is 2.65. The van der Waals surface area contributed by atoms with Crippen molar-refractivity contribution in [1.29, 1.82) is 0 Å². The van der Waals surface area contributed by atoms with Gasteiger partial charge in [0, 0.05) is 18.0 Å². The van der Waals surface area contributed by atoms with E-state index < -0.39 is 5.82 Å². The summed E-state index contributed by atoms with van der Waals surface area (Å²) in [5, 5.41) is 3.50. The van der Waals surface area contributed by atoms with Gasteiger partial charge < -0.3 is 10.3 Å². The molecule has 1 saturated heterocycles. The molecule has 0 radical (unpaired) electrons. The quantitative estimate of drug-likeness (QED) is 0.885. The first-order valence-electron chi connectivity index (χ1n) is 6.45. The summed E-state index contributed by atoms with van der Waals surface area (Å²) in [5.74, 6) is 1.02. The zero-order valence-corrected chi connectivity index (χ0v) is 11.2. The molecule has 0 aliphatic carbocycles. The summed E-state index contributed by atoms with van der Waals surface area (Å²) in [7, 11) is 0. The SMILES string of the molecule is Fc1ccc(-c2cnc(C3CCCNC3)[nH]2)cc1Cl. The van der Waals surface area contributed by atoms with Gasteiger partial charge in [0.2, 0.25) is 0 Å². The Labute approximate surface area is 116 Å². The molecular formula is C14H15ClFN3. The molecule has 100 valence electrons. The van der Waals surface area contributed by atoms with E-state index >= 15 is 0 Å². The standard InChI is InChI=1S/C14H15ClFN3/c15-11-6-9(3-4-12(11)16)13-8-18-14(19-13)10-2-1-5-17-7-10/h3-4,6,8,10,17H,1-2,5,7H2,(H,18,19). The Morgan fingerprint density at radius 1 is 1.37 bits per heavy atom. The second kappa shape index (κ2) is 5.31. The highest BCUT2D eigenvalue weighted by Gasteiger charge is 2.18. The zero-order valence-electron chi connectivity index (χ0n) is 10.4. The number of nitrogens with zero attached hydrogens (tertiary/aromatic N) is 1. The van der Waals surface area contributed by atoms with Gasteiger partial charge in [-0.05, 0) is 37.6 Å². The maximum atomic E-state index is 13.1. The molecular weight excluding hydrogens is 265 g/mol. The average Bonchev–Trinajstić information content (AvgIpc) is 2.93. The number of aromatic nitrogens is 2. The van der Waals surface area contributed by atoms with E-state index in [1.807, 2.05) is 0 Å². The number of H-pyrrole nitrogens is 1. The maximum absolute atomic E-state index is 13.1. The van der Waals surface area contributed by atoms with Crippen LogP contribution in [-0.2, 0) is 0 Å². The summed E-state index contributed by atoms with van der Waals surface area (Å²) in [6, 6.07) is 4.70. The van der Waals surface area contributed by atoms with Gasteiger partial charge in [0.05, 0.1) is 16.9 Å². The normalized spacial score (nSPS) is 19.6. The molecule has 0 spiro atoms. The number of hydrogen-bond acceptors (Lipinski definition) is 2. The maximum Gasteiger partial charge on any atom is 0.141 e. The Kier molecular flexibility index (Phi) is 3.53. The Hall–Kier alpha value is -1.39. The van der Waals surface area contributed by atoms with Crippen LogP contribution in [-0.4, -0.2) is 23.1 Å². The molecule has 0 saturated carbocycles. The third-order valence-electron chi connectivity index (χ3n) is 3.51. The second-order valence-corrected chi connectivity index (χ2v) is 5.26. The van der Waals surface area contributed by atoms with E-state index in [9.17, 15) is 4.39 Å². The zero-order chi connectivity index (χ0) is 13.2. The number of aromatic amines is 1. The van der Waals surface area contributed by atoms with E-state index in [2.05, 4.69) is 15.3 Å².